The number of piperazine rings is 1. The topological polar surface area (TPSA) is 62.5 Å². The highest BCUT2D eigenvalue weighted by Crippen LogP contribution is 2.17. The predicted molar refractivity (Wildman–Crippen MR) is 98.0 cm³/mol. The molecule has 5 nitrogen and oxygen atoms in total. The van der Waals surface area contributed by atoms with Crippen LogP contribution in [0.25, 0.3) is 0 Å². The number of carbonyl (C=O) groups is 1. The predicted octanol–water partition coefficient (Wildman–Crippen LogP) is 2.32. The number of anilines is 1. The Balaban J connectivity index is 0.00000220. The van der Waals surface area contributed by atoms with Crippen LogP contribution in [0.5, 0.6) is 0 Å². The number of pyridine rings is 1. The third kappa shape index (κ3) is 5.26. The number of hydrogen-bond acceptors (Lipinski definition) is 4. The molecule has 2 rings (SSSR count). The smallest absolute Gasteiger partial charge is 0.239 e. The highest BCUT2D eigenvalue weighted by molar-refractivity contribution is 9.10. The van der Waals surface area contributed by atoms with E-state index < -0.39 is 6.04 Å². The molecule has 8 heteroatoms. The molecule has 0 radical (unpaired) electrons. The van der Waals surface area contributed by atoms with Gasteiger partial charge < -0.3 is 15.5 Å². The minimum atomic E-state index is -0.396. The fourth-order valence-electron chi connectivity index (χ4n) is 2.21. The van der Waals surface area contributed by atoms with Crippen LogP contribution in [0.4, 0.5) is 5.82 Å². The van der Waals surface area contributed by atoms with E-state index in [1.165, 1.54) is 0 Å². The molecule has 2 N–H and O–H groups in total. The Morgan fingerprint density at radius 3 is 2.27 bits per heavy atom. The summed E-state index contributed by atoms with van der Waals surface area (Å²) in [4.78, 5) is 20.6. The van der Waals surface area contributed by atoms with Crippen LogP contribution in [-0.4, -0.2) is 48.0 Å². The zero-order chi connectivity index (χ0) is 14.7. The first kappa shape index (κ1) is 21.4. The average Bonchev–Trinajstić information content (AvgIpc) is 2.46. The molecule has 1 atom stereocenters. The van der Waals surface area contributed by atoms with Crippen molar-refractivity contribution in [2.45, 2.75) is 19.9 Å². The second-order valence-electron chi connectivity index (χ2n) is 5.42. The van der Waals surface area contributed by atoms with E-state index in [1.54, 1.807) is 6.20 Å². The summed E-state index contributed by atoms with van der Waals surface area (Å²) in [7, 11) is 0. The van der Waals surface area contributed by atoms with Crippen molar-refractivity contribution in [1.29, 1.82) is 0 Å². The Labute approximate surface area is 152 Å². The Bertz CT molecular complexity index is 464. The van der Waals surface area contributed by atoms with Crippen LogP contribution in [0.3, 0.4) is 0 Å². The summed E-state index contributed by atoms with van der Waals surface area (Å²) >= 11 is 3.38. The summed E-state index contributed by atoms with van der Waals surface area (Å²) in [6, 6.07) is 3.57. The van der Waals surface area contributed by atoms with Crippen LogP contribution in [0.15, 0.2) is 22.8 Å². The van der Waals surface area contributed by atoms with Gasteiger partial charge in [-0.15, -0.1) is 24.8 Å². The molecule has 0 aromatic carbocycles. The zero-order valence-corrected chi connectivity index (χ0v) is 16.0. The molecule has 1 aromatic heterocycles. The van der Waals surface area contributed by atoms with Gasteiger partial charge in [-0.05, 0) is 34.0 Å². The number of nitrogens with zero attached hydrogens (tertiary/aromatic N) is 3. The summed E-state index contributed by atoms with van der Waals surface area (Å²) in [5, 5.41) is 0. The fourth-order valence-corrected chi connectivity index (χ4v) is 2.44. The molecule has 126 valence electrons. The highest BCUT2D eigenvalue weighted by atomic mass is 79.9. The third-order valence-corrected chi connectivity index (χ3v) is 4.10. The van der Waals surface area contributed by atoms with Gasteiger partial charge in [-0.1, -0.05) is 13.8 Å². The molecule has 0 bridgehead atoms. The lowest BCUT2D eigenvalue weighted by atomic mass is 10.0. The first-order valence-electron chi connectivity index (χ1n) is 6.90. The largest absolute Gasteiger partial charge is 0.353 e. The number of carbonyl (C=O) groups excluding carboxylic acids is 1. The molecule has 1 aromatic rings. The van der Waals surface area contributed by atoms with E-state index in [1.807, 2.05) is 30.9 Å². The van der Waals surface area contributed by atoms with E-state index >= 15 is 0 Å². The minimum absolute atomic E-state index is 0. The Hall–Kier alpha value is -0.560. The van der Waals surface area contributed by atoms with Gasteiger partial charge in [-0.25, -0.2) is 4.98 Å². The van der Waals surface area contributed by atoms with Crippen molar-refractivity contribution in [1.82, 2.24) is 9.88 Å². The van der Waals surface area contributed by atoms with Crippen molar-refractivity contribution < 1.29 is 4.79 Å². The molecule has 0 unspecified atom stereocenters. The van der Waals surface area contributed by atoms with Gasteiger partial charge >= 0.3 is 0 Å². The van der Waals surface area contributed by atoms with Gasteiger partial charge in [-0.2, -0.15) is 0 Å². The molecule has 0 aliphatic carbocycles. The maximum Gasteiger partial charge on any atom is 0.239 e. The lowest BCUT2D eigenvalue weighted by molar-refractivity contribution is -0.133. The maximum atomic E-state index is 12.2. The first-order chi connectivity index (χ1) is 9.49. The number of amides is 1. The quantitative estimate of drug-likeness (QED) is 0.825. The number of hydrogen-bond donors (Lipinski definition) is 1. The number of aromatic nitrogens is 1. The molecular weight excluding hydrogens is 391 g/mol. The third-order valence-electron chi connectivity index (χ3n) is 3.63. The fraction of sp³-hybridized carbons (Fsp3) is 0.571. The molecule has 0 spiro atoms. The summed E-state index contributed by atoms with van der Waals surface area (Å²) < 4.78 is 0.970. The Morgan fingerprint density at radius 2 is 1.82 bits per heavy atom. The van der Waals surface area contributed by atoms with Crippen LogP contribution >= 0.6 is 40.7 Å². The SMILES string of the molecule is CC(C)[C@@H](N)C(=O)N1CCN(c2ccc(Br)cn2)CC1.Cl.Cl. The molecule has 1 aliphatic rings. The summed E-state index contributed by atoms with van der Waals surface area (Å²) in [6.45, 7) is 6.96. The van der Waals surface area contributed by atoms with Crippen LogP contribution in [0.1, 0.15) is 13.8 Å². The summed E-state index contributed by atoms with van der Waals surface area (Å²) in [5.74, 6) is 1.19. The van der Waals surface area contributed by atoms with Gasteiger partial charge in [0.2, 0.25) is 5.91 Å². The van der Waals surface area contributed by atoms with Crippen molar-refractivity contribution in [3.63, 3.8) is 0 Å². The molecule has 1 saturated heterocycles. The van der Waals surface area contributed by atoms with Gasteiger partial charge in [0.15, 0.2) is 0 Å². The van der Waals surface area contributed by atoms with Crippen molar-refractivity contribution in [3.8, 4) is 0 Å². The minimum Gasteiger partial charge on any atom is -0.353 e. The van der Waals surface area contributed by atoms with Crippen LogP contribution in [-0.2, 0) is 4.79 Å². The van der Waals surface area contributed by atoms with Gasteiger partial charge in [-0.3, -0.25) is 4.79 Å². The Kier molecular flexibility index (Phi) is 9.31. The zero-order valence-electron chi connectivity index (χ0n) is 12.7. The van der Waals surface area contributed by atoms with Crippen molar-refractivity contribution in [3.05, 3.63) is 22.8 Å². The lowest BCUT2D eigenvalue weighted by Crippen LogP contribution is -2.54. The second kappa shape index (κ2) is 9.55. The standard InChI is InChI=1S/C14H21BrN4O.2ClH/c1-10(2)13(16)14(20)19-7-5-18(6-8-19)12-4-3-11(15)9-17-12;;/h3-4,9-10,13H,5-8,16H2,1-2H3;2*1H/t13-;;/m1../s1. The van der Waals surface area contributed by atoms with Crippen molar-refractivity contribution in [2.24, 2.45) is 11.7 Å². The van der Waals surface area contributed by atoms with Gasteiger partial charge in [0.1, 0.15) is 5.82 Å². The molecular formula is C14H23BrCl2N4O. The number of rotatable bonds is 3. The van der Waals surface area contributed by atoms with Crippen LogP contribution in [0.2, 0.25) is 0 Å². The number of nitrogens with two attached hydrogens (primary N) is 1. The first-order valence-corrected chi connectivity index (χ1v) is 7.69. The monoisotopic (exact) mass is 412 g/mol. The number of halogens is 3. The van der Waals surface area contributed by atoms with E-state index in [0.717, 1.165) is 23.4 Å². The van der Waals surface area contributed by atoms with Crippen LogP contribution in [0, 0.1) is 5.92 Å². The summed E-state index contributed by atoms with van der Waals surface area (Å²) in [6.07, 6.45) is 1.79. The van der Waals surface area contributed by atoms with E-state index in [9.17, 15) is 4.79 Å². The molecule has 22 heavy (non-hydrogen) atoms. The normalized spacial score (nSPS) is 15.9. The van der Waals surface area contributed by atoms with E-state index in [2.05, 4.69) is 25.8 Å². The Morgan fingerprint density at radius 1 is 1.23 bits per heavy atom. The molecule has 1 fully saturated rings. The van der Waals surface area contributed by atoms with E-state index in [0.29, 0.717) is 13.1 Å². The van der Waals surface area contributed by atoms with Gasteiger partial charge in [0.05, 0.1) is 6.04 Å². The molecule has 1 aliphatic heterocycles. The molecule has 2 heterocycles. The van der Waals surface area contributed by atoms with Crippen LogP contribution < -0.4 is 10.6 Å². The van der Waals surface area contributed by atoms with Gasteiger partial charge in [0.25, 0.3) is 0 Å². The van der Waals surface area contributed by atoms with Crippen molar-refractivity contribution in [2.75, 3.05) is 31.1 Å². The van der Waals surface area contributed by atoms with Crippen molar-refractivity contribution >= 4 is 52.5 Å². The van der Waals surface area contributed by atoms with E-state index in [4.69, 9.17) is 5.73 Å². The maximum absolute atomic E-state index is 12.2. The highest BCUT2D eigenvalue weighted by Gasteiger charge is 2.27. The second-order valence-corrected chi connectivity index (χ2v) is 6.33. The molecule has 1 amide bonds. The average molecular weight is 414 g/mol. The summed E-state index contributed by atoms with van der Waals surface area (Å²) in [5.41, 5.74) is 5.93. The van der Waals surface area contributed by atoms with Gasteiger partial charge in [0, 0.05) is 36.8 Å². The molecule has 0 saturated carbocycles. The lowest BCUT2D eigenvalue weighted by Gasteiger charge is -2.37. The van der Waals surface area contributed by atoms with E-state index in [-0.39, 0.29) is 36.6 Å².